The predicted molar refractivity (Wildman–Crippen MR) is 145 cm³/mol. The topological polar surface area (TPSA) is 113 Å². The van der Waals surface area contributed by atoms with Crippen LogP contribution in [0, 0.1) is 17.8 Å². The van der Waals surface area contributed by atoms with Gasteiger partial charge in [-0.3, -0.25) is 0 Å². The molecule has 0 spiro atoms. The molecule has 3 atom stereocenters. The maximum absolute atomic E-state index is 13.6. The summed E-state index contributed by atoms with van der Waals surface area (Å²) in [5.41, 5.74) is 0.596. The van der Waals surface area contributed by atoms with E-state index < -0.39 is 38.1 Å². The van der Waals surface area contributed by atoms with Crippen LogP contribution < -0.4 is 9.47 Å². The third-order valence-electron chi connectivity index (χ3n) is 6.46. The molecule has 0 aromatic heterocycles. The number of hydrogen-bond acceptors (Lipinski definition) is 7. The molecule has 0 fully saturated rings. The number of sulfonamides is 2. The molecule has 0 radical (unpaired) electrons. The van der Waals surface area contributed by atoms with Gasteiger partial charge in [0.05, 0.1) is 25.2 Å². The molecular formula is C27H36N2O7S2. The molecule has 0 bridgehead atoms. The second kappa shape index (κ2) is 12.5. The molecule has 0 saturated heterocycles. The summed E-state index contributed by atoms with van der Waals surface area (Å²) in [7, 11) is -4.98. The zero-order chi connectivity index (χ0) is 28.1. The van der Waals surface area contributed by atoms with Crippen molar-refractivity contribution in [1.29, 1.82) is 0 Å². The molecular weight excluding hydrogens is 528 g/mol. The number of unbranched alkanes of at least 4 members (excludes halogenated alkanes) is 1. The van der Waals surface area contributed by atoms with Crippen LogP contribution in [0.15, 0.2) is 52.3 Å². The summed E-state index contributed by atoms with van der Waals surface area (Å²) in [4.78, 5) is 0.0267. The second-order valence-corrected chi connectivity index (χ2v) is 13.3. The highest BCUT2D eigenvalue weighted by Crippen LogP contribution is 2.34. The predicted octanol–water partition coefficient (Wildman–Crippen LogP) is 2.94. The molecule has 2 aromatic carbocycles. The van der Waals surface area contributed by atoms with Gasteiger partial charge in [-0.05, 0) is 43.7 Å². The number of fused-ring (bicyclic) bond motifs is 1. The van der Waals surface area contributed by atoms with Crippen molar-refractivity contribution in [2.45, 2.75) is 55.5 Å². The number of aliphatic hydroxyl groups excluding tert-OH is 1. The van der Waals surface area contributed by atoms with Crippen LogP contribution in [-0.2, 0) is 20.0 Å². The molecule has 9 nitrogen and oxygen atoms in total. The zero-order valence-corrected chi connectivity index (χ0v) is 24.0. The normalized spacial score (nSPS) is 20.3. The van der Waals surface area contributed by atoms with Gasteiger partial charge in [-0.25, -0.2) is 16.8 Å². The van der Waals surface area contributed by atoms with Gasteiger partial charge in [-0.15, -0.1) is 0 Å². The SMILES string of the molecule is CCCC#Cc1ccc2c(c1)O[C@@H](CN(C)S(=O)(=O)c1cccc(OC)c1)[C@@H](C)CN([C@H](C)CO)S2(=O)=O. The molecule has 11 heteroatoms. The summed E-state index contributed by atoms with van der Waals surface area (Å²) < 4.78 is 67.8. The second-order valence-electron chi connectivity index (χ2n) is 9.42. The fourth-order valence-electron chi connectivity index (χ4n) is 4.10. The molecule has 0 amide bonds. The van der Waals surface area contributed by atoms with Crippen molar-refractivity contribution < 1.29 is 31.4 Å². The van der Waals surface area contributed by atoms with Crippen molar-refractivity contribution in [2.24, 2.45) is 5.92 Å². The number of ether oxygens (including phenoxy) is 2. The Morgan fingerprint density at radius 1 is 1.26 bits per heavy atom. The number of nitrogens with zero attached hydrogens (tertiary/aromatic N) is 2. The summed E-state index contributed by atoms with van der Waals surface area (Å²) in [5, 5.41) is 9.81. The fourth-order valence-corrected chi connectivity index (χ4v) is 7.15. The molecule has 1 N–H and O–H groups in total. The Labute approximate surface area is 226 Å². The highest BCUT2D eigenvalue weighted by Gasteiger charge is 2.39. The number of hydrogen-bond donors (Lipinski definition) is 1. The van der Waals surface area contributed by atoms with Gasteiger partial charge in [-0.1, -0.05) is 31.8 Å². The Morgan fingerprint density at radius 2 is 2.00 bits per heavy atom. The average molecular weight is 565 g/mol. The Morgan fingerprint density at radius 3 is 2.66 bits per heavy atom. The Balaban J connectivity index is 2.04. The van der Waals surface area contributed by atoms with Crippen LogP contribution in [0.2, 0.25) is 0 Å². The first kappa shape index (κ1) is 29.9. The summed E-state index contributed by atoms with van der Waals surface area (Å²) in [6.45, 7) is 5.10. The van der Waals surface area contributed by atoms with E-state index in [4.69, 9.17) is 9.47 Å². The van der Waals surface area contributed by atoms with E-state index in [1.165, 1.54) is 41.0 Å². The smallest absolute Gasteiger partial charge is 0.247 e. The number of methoxy groups -OCH3 is 1. The molecule has 0 aliphatic carbocycles. The number of aliphatic hydroxyl groups is 1. The van der Waals surface area contributed by atoms with Crippen molar-refractivity contribution in [1.82, 2.24) is 8.61 Å². The first-order chi connectivity index (χ1) is 17.9. The summed E-state index contributed by atoms with van der Waals surface area (Å²) in [6, 6.07) is 10.2. The van der Waals surface area contributed by atoms with Gasteiger partial charge >= 0.3 is 0 Å². The fraction of sp³-hybridized carbons (Fsp3) is 0.481. The van der Waals surface area contributed by atoms with E-state index in [1.54, 1.807) is 38.1 Å². The minimum atomic E-state index is -4.01. The summed E-state index contributed by atoms with van der Waals surface area (Å²) in [5.74, 6) is 6.19. The van der Waals surface area contributed by atoms with Crippen LogP contribution >= 0.6 is 0 Å². The number of benzene rings is 2. The van der Waals surface area contributed by atoms with E-state index in [2.05, 4.69) is 11.8 Å². The maximum Gasteiger partial charge on any atom is 0.247 e. The molecule has 38 heavy (non-hydrogen) atoms. The van der Waals surface area contributed by atoms with E-state index >= 15 is 0 Å². The lowest BCUT2D eigenvalue weighted by molar-refractivity contribution is 0.0904. The highest BCUT2D eigenvalue weighted by atomic mass is 32.2. The highest BCUT2D eigenvalue weighted by molar-refractivity contribution is 7.89. The average Bonchev–Trinajstić information content (AvgIpc) is 2.90. The van der Waals surface area contributed by atoms with E-state index in [0.717, 1.165) is 6.42 Å². The van der Waals surface area contributed by atoms with Crippen molar-refractivity contribution in [3.63, 3.8) is 0 Å². The quantitative estimate of drug-likeness (QED) is 0.491. The Hall–Kier alpha value is -2.62. The van der Waals surface area contributed by atoms with Gasteiger partial charge in [-0.2, -0.15) is 8.61 Å². The van der Waals surface area contributed by atoms with Gasteiger partial charge in [0.2, 0.25) is 20.0 Å². The van der Waals surface area contributed by atoms with Crippen molar-refractivity contribution in [3.05, 3.63) is 48.0 Å². The number of likely N-dealkylation sites (N-methyl/N-ethyl adjacent to an activating group) is 1. The van der Waals surface area contributed by atoms with Crippen LogP contribution in [0.1, 0.15) is 39.2 Å². The maximum atomic E-state index is 13.6. The van der Waals surface area contributed by atoms with Crippen LogP contribution in [0.4, 0.5) is 0 Å². The number of rotatable bonds is 8. The lowest BCUT2D eigenvalue weighted by atomic mass is 10.0. The molecule has 2 aromatic rings. The molecule has 3 rings (SSSR count). The minimum absolute atomic E-state index is 0.0344. The van der Waals surface area contributed by atoms with Gasteiger partial charge in [0, 0.05) is 43.6 Å². The van der Waals surface area contributed by atoms with Crippen LogP contribution in [0.25, 0.3) is 0 Å². The Kier molecular flexibility index (Phi) is 9.84. The van der Waals surface area contributed by atoms with E-state index in [9.17, 15) is 21.9 Å². The summed E-state index contributed by atoms with van der Waals surface area (Å²) >= 11 is 0. The zero-order valence-electron chi connectivity index (χ0n) is 22.4. The van der Waals surface area contributed by atoms with Crippen LogP contribution in [0.5, 0.6) is 11.5 Å². The van der Waals surface area contributed by atoms with E-state index in [0.29, 0.717) is 17.7 Å². The van der Waals surface area contributed by atoms with E-state index in [-0.39, 0.29) is 35.2 Å². The van der Waals surface area contributed by atoms with Crippen molar-refractivity contribution >= 4 is 20.0 Å². The van der Waals surface area contributed by atoms with Gasteiger partial charge in [0.25, 0.3) is 0 Å². The van der Waals surface area contributed by atoms with E-state index in [1.807, 2.05) is 6.92 Å². The lowest BCUT2D eigenvalue weighted by Crippen LogP contribution is -2.50. The van der Waals surface area contributed by atoms with Crippen molar-refractivity contribution in [3.8, 4) is 23.3 Å². The van der Waals surface area contributed by atoms with Crippen LogP contribution in [-0.4, -0.2) is 76.6 Å². The van der Waals surface area contributed by atoms with Crippen molar-refractivity contribution in [2.75, 3.05) is 33.9 Å². The minimum Gasteiger partial charge on any atom is -0.497 e. The lowest BCUT2D eigenvalue weighted by Gasteiger charge is -2.37. The third kappa shape index (κ3) is 6.50. The molecule has 1 aliphatic rings. The molecule has 208 valence electrons. The van der Waals surface area contributed by atoms with Gasteiger partial charge in [0.1, 0.15) is 22.5 Å². The largest absolute Gasteiger partial charge is 0.497 e. The molecule has 1 aliphatic heterocycles. The van der Waals surface area contributed by atoms with Gasteiger partial charge < -0.3 is 14.6 Å². The molecule has 0 saturated carbocycles. The summed E-state index contributed by atoms with van der Waals surface area (Å²) in [6.07, 6.45) is 0.900. The molecule has 1 heterocycles. The van der Waals surface area contributed by atoms with Gasteiger partial charge in [0.15, 0.2) is 0 Å². The van der Waals surface area contributed by atoms with Crippen LogP contribution in [0.3, 0.4) is 0 Å². The monoisotopic (exact) mass is 564 g/mol. The first-order valence-electron chi connectivity index (χ1n) is 12.5. The first-order valence-corrected chi connectivity index (χ1v) is 15.4. The molecule has 0 unspecified atom stereocenters. The Bertz CT molecular complexity index is 1400. The standard InChI is InChI=1S/C27H36N2O7S2/c1-6-7-8-10-22-13-14-27-25(15-22)36-26(20(2)17-29(21(3)19-30)38(27,33)34)18-28(4)37(31,32)24-12-9-11-23(16-24)35-5/h9,11-16,20-21,26,30H,6-7,17-19H2,1-5H3/t20-,21+,26-/m0/s1. The third-order valence-corrected chi connectivity index (χ3v) is 10.3.